The molecule has 0 saturated carbocycles. The highest BCUT2D eigenvalue weighted by atomic mass is 35.5. The molecule has 5 heteroatoms. The average Bonchev–Trinajstić information content (AvgIpc) is 2.81. The van der Waals surface area contributed by atoms with Crippen molar-refractivity contribution in [2.45, 2.75) is 12.3 Å². The zero-order valence-corrected chi connectivity index (χ0v) is 10.4. The molecule has 0 aliphatic carbocycles. The van der Waals surface area contributed by atoms with Gasteiger partial charge in [-0.25, -0.2) is 4.39 Å². The van der Waals surface area contributed by atoms with Crippen LogP contribution in [0.5, 0.6) is 0 Å². The van der Waals surface area contributed by atoms with Crippen molar-refractivity contribution in [1.82, 2.24) is 0 Å². The van der Waals surface area contributed by atoms with Gasteiger partial charge in [0.2, 0.25) is 0 Å². The predicted octanol–water partition coefficient (Wildman–Crippen LogP) is 3.97. The van der Waals surface area contributed by atoms with Gasteiger partial charge in [-0.1, -0.05) is 0 Å². The molecule has 1 aromatic heterocycles. The van der Waals surface area contributed by atoms with E-state index in [9.17, 15) is 9.18 Å². The summed E-state index contributed by atoms with van der Waals surface area (Å²) in [4.78, 5) is 11.8. The molecular formula is C13H11ClFNO2. The van der Waals surface area contributed by atoms with Gasteiger partial charge in [-0.15, -0.1) is 11.6 Å². The van der Waals surface area contributed by atoms with E-state index in [-0.39, 0.29) is 17.0 Å². The first-order valence-electron chi connectivity index (χ1n) is 5.37. The van der Waals surface area contributed by atoms with Gasteiger partial charge < -0.3 is 9.73 Å². The van der Waals surface area contributed by atoms with E-state index in [0.29, 0.717) is 11.4 Å². The lowest BCUT2D eigenvalue weighted by Crippen LogP contribution is -2.10. The Bertz CT molecular complexity index is 548. The second-order valence-electron chi connectivity index (χ2n) is 3.78. The van der Waals surface area contributed by atoms with Crippen LogP contribution in [-0.4, -0.2) is 5.91 Å². The molecule has 18 heavy (non-hydrogen) atoms. The van der Waals surface area contributed by atoms with Crippen molar-refractivity contribution in [3.05, 3.63) is 53.7 Å². The van der Waals surface area contributed by atoms with E-state index >= 15 is 0 Å². The van der Waals surface area contributed by atoms with Crippen molar-refractivity contribution in [3.63, 3.8) is 0 Å². The molecular weight excluding hydrogens is 257 g/mol. The van der Waals surface area contributed by atoms with E-state index in [0.717, 1.165) is 0 Å². The molecule has 94 valence electrons. The van der Waals surface area contributed by atoms with Gasteiger partial charge in [0.05, 0.1) is 5.38 Å². The van der Waals surface area contributed by atoms with Crippen LogP contribution in [0.15, 0.2) is 40.8 Å². The molecule has 1 atom stereocenters. The number of furan rings is 1. The van der Waals surface area contributed by atoms with Gasteiger partial charge in [-0.2, -0.15) is 0 Å². The van der Waals surface area contributed by atoms with Crippen molar-refractivity contribution >= 4 is 23.2 Å². The number of carbonyl (C=O) groups is 1. The molecule has 0 radical (unpaired) electrons. The van der Waals surface area contributed by atoms with E-state index in [2.05, 4.69) is 5.32 Å². The Hall–Kier alpha value is -1.81. The molecule has 2 aromatic rings. The molecule has 0 bridgehead atoms. The van der Waals surface area contributed by atoms with Gasteiger partial charge in [-0.3, -0.25) is 4.79 Å². The molecule has 1 aromatic carbocycles. The fraction of sp³-hybridized carbons (Fsp3) is 0.154. The highest BCUT2D eigenvalue weighted by molar-refractivity contribution is 6.20. The number of rotatable bonds is 3. The Morgan fingerprint density at radius 1 is 1.28 bits per heavy atom. The Balaban J connectivity index is 2.09. The molecule has 0 saturated heterocycles. The lowest BCUT2D eigenvalue weighted by atomic mass is 10.3. The van der Waals surface area contributed by atoms with Gasteiger partial charge in [0.1, 0.15) is 11.6 Å². The highest BCUT2D eigenvalue weighted by Gasteiger charge is 2.13. The SMILES string of the molecule is CC(Cl)c1ccc(C(=O)Nc2ccc(F)cc2)o1. The number of benzene rings is 1. The van der Waals surface area contributed by atoms with E-state index in [1.165, 1.54) is 24.3 Å². The summed E-state index contributed by atoms with van der Waals surface area (Å²) in [6.45, 7) is 1.75. The number of alkyl halides is 1. The first kappa shape index (κ1) is 12.6. The third-order valence-corrected chi connectivity index (χ3v) is 2.56. The van der Waals surface area contributed by atoms with Gasteiger partial charge in [-0.05, 0) is 43.3 Å². The summed E-state index contributed by atoms with van der Waals surface area (Å²) < 4.78 is 18.0. The normalized spacial score (nSPS) is 12.2. The summed E-state index contributed by atoms with van der Waals surface area (Å²) in [5.74, 6) is -0.0582. The number of halogens is 2. The van der Waals surface area contributed by atoms with Gasteiger partial charge in [0, 0.05) is 5.69 Å². The fourth-order valence-electron chi connectivity index (χ4n) is 1.41. The van der Waals surface area contributed by atoms with Crippen LogP contribution in [0, 0.1) is 5.82 Å². The first-order chi connectivity index (χ1) is 8.56. The number of carbonyl (C=O) groups excluding carboxylic acids is 1. The maximum absolute atomic E-state index is 12.7. The Morgan fingerprint density at radius 2 is 1.94 bits per heavy atom. The molecule has 1 amide bonds. The van der Waals surface area contributed by atoms with E-state index in [1.54, 1.807) is 19.1 Å². The molecule has 1 heterocycles. The zero-order chi connectivity index (χ0) is 13.1. The molecule has 0 spiro atoms. The van der Waals surface area contributed by atoms with Gasteiger partial charge in [0.15, 0.2) is 5.76 Å². The Kier molecular flexibility index (Phi) is 3.67. The van der Waals surface area contributed by atoms with Crippen LogP contribution in [-0.2, 0) is 0 Å². The molecule has 0 aliphatic rings. The molecule has 2 rings (SSSR count). The van der Waals surface area contributed by atoms with E-state index in [4.69, 9.17) is 16.0 Å². The topological polar surface area (TPSA) is 42.2 Å². The predicted molar refractivity (Wildman–Crippen MR) is 67.3 cm³/mol. The quantitative estimate of drug-likeness (QED) is 0.855. The lowest BCUT2D eigenvalue weighted by Gasteiger charge is -2.02. The number of hydrogen-bond donors (Lipinski definition) is 1. The number of anilines is 1. The minimum atomic E-state index is -0.398. The van der Waals surface area contributed by atoms with Gasteiger partial charge >= 0.3 is 0 Å². The van der Waals surface area contributed by atoms with Crippen LogP contribution in [0.2, 0.25) is 0 Å². The number of hydrogen-bond acceptors (Lipinski definition) is 2. The molecule has 1 N–H and O–H groups in total. The first-order valence-corrected chi connectivity index (χ1v) is 5.80. The van der Waals surface area contributed by atoms with Crippen LogP contribution >= 0.6 is 11.6 Å². The van der Waals surface area contributed by atoms with Crippen LogP contribution in [0.25, 0.3) is 0 Å². The second kappa shape index (κ2) is 5.23. The summed E-state index contributed by atoms with van der Waals surface area (Å²) in [6, 6.07) is 8.68. The largest absolute Gasteiger partial charge is 0.454 e. The van der Waals surface area contributed by atoms with Crippen molar-refractivity contribution in [3.8, 4) is 0 Å². The minimum Gasteiger partial charge on any atom is -0.454 e. The summed E-state index contributed by atoms with van der Waals surface area (Å²) in [6.07, 6.45) is 0. The average molecular weight is 268 g/mol. The minimum absolute atomic E-state index is 0.168. The van der Waals surface area contributed by atoms with Crippen molar-refractivity contribution in [2.24, 2.45) is 0 Å². The Labute approximate surface area is 109 Å². The van der Waals surface area contributed by atoms with Crippen molar-refractivity contribution in [1.29, 1.82) is 0 Å². The van der Waals surface area contributed by atoms with Crippen LogP contribution in [0.4, 0.5) is 10.1 Å². The summed E-state index contributed by atoms with van der Waals surface area (Å²) in [7, 11) is 0. The molecule has 0 aliphatic heterocycles. The lowest BCUT2D eigenvalue weighted by molar-refractivity contribution is 0.0995. The van der Waals surface area contributed by atoms with Crippen LogP contribution in [0.3, 0.4) is 0 Å². The number of nitrogens with one attached hydrogen (secondary N) is 1. The zero-order valence-electron chi connectivity index (χ0n) is 9.61. The van der Waals surface area contributed by atoms with Crippen molar-refractivity contribution in [2.75, 3.05) is 5.32 Å². The van der Waals surface area contributed by atoms with Crippen LogP contribution in [0.1, 0.15) is 28.6 Å². The van der Waals surface area contributed by atoms with E-state index in [1.807, 2.05) is 0 Å². The fourth-order valence-corrected chi connectivity index (χ4v) is 1.53. The van der Waals surface area contributed by atoms with Crippen LogP contribution < -0.4 is 5.32 Å². The Morgan fingerprint density at radius 3 is 2.50 bits per heavy atom. The van der Waals surface area contributed by atoms with Crippen molar-refractivity contribution < 1.29 is 13.6 Å². The molecule has 0 fully saturated rings. The summed E-state index contributed by atoms with van der Waals surface area (Å²) in [5, 5.41) is 2.30. The molecule has 3 nitrogen and oxygen atoms in total. The molecule has 1 unspecified atom stereocenters. The maximum atomic E-state index is 12.7. The third-order valence-electron chi connectivity index (χ3n) is 2.34. The smallest absolute Gasteiger partial charge is 0.291 e. The van der Waals surface area contributed by atoms with Gasteiger partial charge in [0.25, 0.3) is 5.91 Å². The monoisotopic (exact) mass is 267 g/mol. The maximum Gasteiger partial charge on any atom is 0.291 e. The second-order valence-corrected chi connectivity index (χ2v) is 4.43. The summed E-state index contributed by atoms with van der Waals surface area (Å²) in [5.41, 5.74) is 0.498. The highest BCUT2D eigenvalue weighted by Crippen LogP contribution is 2.22. The third kappa shape index (κ3) is 2.90. The standard InChI is InChI=1S/C13H11ClFNO2/c1-8(14)11-6-7-12(18-11)13(17)16-10-4-2-9(15)3-5-10/h2-8H,1H3,(H,16,17). The number of amides is 1. The summed E-state index contributed by atoms with van der Waals surface area (Å²) >= 11 is 5.83. The van der Waals surface area contributed by atoms with E-state index < -0.39 is 5.91 Å².